The Kier molecular flexibility index (Phi) is 6.81. The van der Waals surface area contributed by atoms with Crippen molar-refractivity contribution in [3.8, 4) is 11.4 Å². The number of rotatable bonds is 9. The van der Waals surface area contributed by atoms with Gasteiger partial charge < -0.3 is 34.8 Å². The second-order valence-corrected chi connectivity index (χ2v) is 9.84. The molecule has 6 N–H and O–H groups in total. The van der Waals surface area contributed by atoms with Crippen LogP contribution in [-0.2, 0) is 20.6 Å². The molecule has 4 heterocycles. The normalized spacial score (nSPS) is 22.3. The average molecular weight is 517 g/mol. The van der Waals surface area contributed by atoms with Gasteiger partial charge in [0.15, 0.2) is 29.0 Å². The van der Waals surface area contributed by atoms with Crippen molar-refractivity contribution in [1.29, 1.82) is 0 Å². The Labute approximate surface area is 204 Å². The first-order chi connectivity index (χ1) is 17.3. The van der Waals surface area contributed by atoms with Crippen molar-refractivity contribution >= 4 is 24.6 Å². The van der Waals surface area contributed by atoms with E-state index in [0.29, 0.717) is 34.9 Å². The van der Waals surface area contributed by atoms with Crippen LogP contribution in [0.5, 0.6) is 0 Å². The summed E-state index contributed by atoms with van der Waals surface area (Å²) in [5.41, 5.74) is 2.42. The number of nitrogens with one attached hydrogen (secondary N) is 2. The van der Waals surface area contributed by atoms with E-state index < -0.39 is 38.5 Å². The van der Waals surface area contributed by atoms with Gasteiger partial charge >= 0.3 is 7.60 Å². The number of benzene rings is 1. The molecular formula is C21H24N7O7P. The summed E-state index contributed by atoms with van der Waals surface area (Å²) in [6.45, 7) is 0.149. The molecule has 36 heavy (non-hydrogen) atoms. The van der Waals surface area contributed by atoms with Crippen molar-refractivity contribution < 1.29 is 34.0 Å². The van der Waals surface area contributed by atoms with Crippen molar-refractivity contribution in [2.75, 3.05) is 18.3 Å². The molecule has 15 heteroatoms. The molecular weight excluding hydrogens is 493 g/mol. The Morgan fingerprint density at radius 1 is 1.17 bits per heavy atom. The summed E-state index contributed by atoms with van der Waals surface area (Å²) in [5.74, 6) is 0.802. The number of aromatic nitrogens is 6. The first-order valence-corrected chi connectivity index (χ1v) is 12.8. The molecule has 1 saturated heterocycles. The fourth-order valence-corrected chi connectivity index (χ4v) is 4.24. The SMILES string of the molecule is O=P(O)(O)COC[C@H]1O[C@@H](n2cnc3c(NCc4ccccc4)nc(-c4cn[nH]c4)nc32)[C@H](O)[C@@H]1O. The van der Waals surface area contributed by atoms with Gasteiger partial charge in [0, 0.05) is 12.7 Å². The molecule has 190 valence electrons. The number of ether oxygens (including phenoxy) is 2. The predicted octanol–water partition coefficient (Wildman–Crippen LogP) is 0.599. The van der Waals surface area contributed by atoms with Gasteiger partial charge in [-0.3, -0.25) is 14.2 Å². The van der Waals surface area contributed by atoms with Crippen LogP contribution in [-0.4, -0.2) is 81.0 Å². The van der Waals surface area contributed by atoms with E-state index in [1.54, 1.807) is 12.4 Å². The largest absolute Gasteiger partial charge is 0.387 e. The average Bonchev–Trinajstić information content (AvgIpc) is 3.59. The summed E-state index contributed by atoms with van der Waals surface area (Å²) >= 11 is 0. The highest BCUT2D eigenvalue weighted by Gasteiger charge is 2.44. The fourth-order valence-electron chi connectivity index (χ4n) is 3.89. The third kappa shape index (κ3) is 5.15. The fraction of sp³-hybridized carbons (Fsp3) is 0.333. The second-order valence-electron chi connectivity index (χ2n) is 8.26. The van der Waals surface area contributed by atoms with Crippen molar-refractivity contribution in [2.45, 2.75) is 31.1 Å². The monoisotopic (exact) mass is 517 g/mol. The van der Waals surface area contributed by atoms with Crippen LogP contribution in [0.3, 0.4) is 0 Å². The van der Waals surface area contributed by atoms with E-state index in [1.807, 2.05) is 30.3 Å². The number of aliphatic hydroxyl groups is 2. The molecule has 0 saturated carbocycles. The van der Waals surface area contributed by atoms with E-state index in [1.165, 1.54) is 10.9 Å². The van der Waals surface area contributed by atoms with Crippen LogP contribution in [0, 0.1) is 0 Å². The van der Waals surface area contributed by atoms with Crippen LogP contribution in [0.15, 0.2) is 49.1 Å². The van der Waals surface area contributed by atoms with Gasteiger partial charge in [-0.1, -0.05) is 30.3 Å². The van der Waals surface area contributed by atoms with Crippen molar-refractivity contribution in [2.24, 2.45) is 0 Å². The Bertz CT molecular complexity index is 1360. The number of anilines is 1. The first kappa shape index (κ1) is 24.5. The van der Waals surface area contributed by atoms with Crippen LogP contribution in [0.2, 0.25) is 0 Å². The summed E-state index contributed by atoms with van der Waals surface area (Å²) in [5, 5.41) is 31.1. The van der Waals surface area contributed by atoms with Crippen LogP contribution in [0.1, 0.15) is 11.8 Å². The molecule has 5 rings (SSSR count). The molecule has 3 aromatic heterocycles. The zero-order chi connectivity index (χ0) is 25.3. The van der Waals surface area contributed by atoms with E-state index >= 15 is 0 Å². The maximum absolute atomic E-state index is 11.0. The Balaban J connectivity index is 1.45. The molecule has 0 amide bonds. The molecule has 1 fully saturated rings. The van der Waals surface area contributed by atoms with Crippen LogP contribution in [0.25, 0.3) is 22.6 Å². The summed E-state index contributed by atoms with van der Waals surface area (Å²) < 4.78 is 23.3. The van der Waals surface area contributed by atoms with Crippen molar-refractivity contribution in [1.82, 2.24) is 29.7 Å². The van der Waals surface area contributed by atoms with E-state index in [2.05, 4.69) is 30.5 Å². The van der Waals surface area contributed by atoms with E-state index in [9.17, 15) is 14.8 Å². The van der Waals surface area contributed by atoms with Crippen LogP contribution < -0.4 is 5.32 Å². The van der Waals surface area contributed by atoms with Gasteiger partial charge in [0.1, 0.15) is 24.7 Å². The molecule has 0 unspecified atom stereocenters. The molecule has 14 nitrogen and oxygen atoms in total. The predicted molar refractivity (Wildman–Crippen MR) is 125 cm³/mol. The number of nitrogens with zero attached hydrogens (tertiary/aromatic N) is 5. The molecule has 1 aliphatic rings. The molecule has 0 spiro atoms. The highest BCUT2D eigenvalue weighted by atomic mass is 31.2. The Hall–Kier alpha value is -3.23. The van der Waals surface area contributed by atoms with Crippen molar-refractivity contribution in [3.63, 3.8) is 0 Å². The minimum Gasteiger partial charge on any atom is -0.387 e. The van der Waals surface area contributed by atoms with Gasteiger partial charge in [-0.25, -0.2) is 15.0 Å². The maximum atomic E-state index is 11.0. The topological polar surface area (TPSA) is 201 Å². The summed E-state index contributed by atoms with van der Waals surface area (Å²) in [4.78, 5) is 31.6. The van der Waals surface area contributed by atoms with Crippen LogP contribution >= 0.6 is 7.60 Å². The lowest BCUT2D eigenvalue weighted by Gasteiger charge is -2.17. The summed E-state index contributed by atoms with van der Waals surface area (Å²) in [7, 11) is -4.39. The van der Waals surface area contributed by atoms with E-state index in [-0.39, 0.29) is 6.61 Å². The second kappa shape index (κ2) is 10.0. The zero-order valence-electron chi connectivity index (χ0n) is 18.7. The van der Waals surface area contributed by atoms with E-state index in [4.69, 9.17) is 19.3 Å². The number of H-pyrrole nitrogens is 1. The smallest absolute Gasteiger partial charge is 0.350 e. The van der Waals surface area contributed by atoms with Gasteiger partial charge in [0.05, 0.1) is 24.7 Å². The molecule has 1 aromatic carbocycles. The molecule has 4 atom stereocenters. The third-order valence-electron chi connectivity index (χ3n) is 5.63. The van der Waals surface area contributed by atoms with Gasteiger partial charge in [-0.2, -0.15) is 5.10 Å². The van der Waals surface area contributed by atoms with Crippen molar-refractivity contribution in [3.05, 3.63) is 54.6 Å². The Morgan fingerprint density at radius 3 is 2.69 bits per heavy atom. The summed E-state index contributed by atoms with van der Waals surface area (Å²) in [6, 6.07) is 9.74. The lowest BCUT2D eigenvalue weighted by Crippen LogP contribution is -2.33. The number of hydrogen-bond donors (Lipinski definition) is 6. The molecule has 4 aromatic rings. The minimum absolute atomic E-state index is 0.328. The standard InChI is InChI=1S/C21H24N7O7P/c29-16-14(9-34-11-36(31,32)33)35-21(17(16)30)28-10-23-15-19(22-6-12-4-2-1-3-5-12)26-18(27-20(15)28)13-7-24-25-8-13/h1-5,7-8,10,14,16-17,21,29-30H,6,9,11H2,(H,24,25)(H,22,26,27)(H2,31,32,33)/t14-,16-,17-,21-/m1/s1. The lowest BCUT2D eigenvalue weighted by atomic mass is 10.1. The number of aliphatic hydroxyl groups excluding tert-OH is 2. The summed E-state index contributed by atoms with van der Waals surface area (Å²) in [6.07, 6.45) is -1.04. The van der Waals surface area contributed by atoms with Gasteiger partial charge in [-0.15, -0.1) is 0 Å². The maximum Gasteiger partial charge on any atom is 0.350 e. The van der Waals surface area contributed by atoms with Gasteiger partial charge in [0.2, 0.25) is 0 Å². The molecule has 0 aliphatic carbocycles. The highest BCUT2D eigenvalue weighted by molar-refractivity contribution is 7.51. The first-order valence-electron chi connectivity index (χ1n) is 11.0. The highest BCUT2D eigenvalue weighted by Crippen LogP contribution is 2.36. The number of hydrogen-bond acceptors (Lipinski definition) is 10. The number of fused-ring (bicyclic) bond motifs is 1. The molecule has 1 aliphatic heterocycles. The molecule has 0 radical (unpaired) electrons. The molecule has 0 bridgehead atoms. The lowest BCUT2D eigenvalue weighted by molar-refractivity contribution is -0.0612. The van der Waals surface area contributed by atoms with Crippen LogP contribution in [0.4, 0.5) is 5.82 Å². The van der Waals surface area contributed by atoms with Gasteiger partial charge in [-0.05, 0) is 5.56 Å². The quantitative estimate of drug-likeness (QED) is 0.169. The van der Waals surface area contributed by atoms with Gasteiger partial charge in [0.25, 0.3) is 0 Å². The number of aromatic amines is 1. The minimum atomic E-state index is -4.39. The third-order valence-corrected chi connectivity index (χ3v) is 6.15. The number of imidazole rings is 1. The zero-order valence-corrected chi connectivity index (χ0v) is 19.6. The Morgan fingerprint density at radius 2 is 1.97 bits per heavy atom. The van der Waals surface area contributed by atoms with E-state index in [0.717, 1.165) is 5.56 Å².